The zero-order chi connectivity index (χ0) is 39.1. The summed E-state index contributed by atoms with van der Waals surface area (Å²) < 4.78 is 206. The van der Waals surface area contributed by atoms with Gasteiger partial charge in [0.05, 0.1) is 6.61 Å². The van der Waals surface area contributed by atoms with E-state index in [0.29, 0.717) is 18.9 Å². The summed E-state index contributed by atoms with van der Waals surface area (Å²) in [5, 5.41) is 0.779. The average Bonchev–Trinajstić information content (AvgIpc) is 3.01. The molecule has 0 saturated heterocycles. The molecular formula is C31H44F15NO3. The SMILES string of the molecule is C=CCC(NC(=O)C(F)(F)C(F)(F)C(F)(F)C(F)(F)C(F)(F)C(F)(F)C(F)(F)F)C(=O)OCCCCCCCCCCCCCCCCCC. The fraction of sp³-hybridized carbons (Fsp3) is 0.871. The number of rotatable bonds is 27. The lowest BCUT2D eigenvalue weighted by atomic mass is 9.90. The van der Waals surface area contributed by atoms with Crippen molar-refractivity contribution in [2.24, 2.45) is 0 Å². The van der Waals surface area contributed by atoms with Crippen LogP contribution in [0.1, 0.15) is 116 Å². The molecule has 0 saturated carbocycles. The van der Waals surface area contributed by atoms with E-state index in [1.165, 1.54) is 51.4 Å². The number of hydrogen-bond donors (Lipinski definition) is 1. The molecule has 50 heavy (non-hydrogen) atoms. The molecule has 0 spiro atoms. The zero-order valence-corrected chi connectivity index (χ0v) is 27.5. The Hall–Kier alpha value is -2.37. The highest BCUT2D eigenvalue weighted by Gasteiger charge is 2.94. The van der Waals surface area contributed by atoms with Crippen LogP contribution < -0.4 is 5.32 Å². The maximum absolute atomic E-state index is 14.2. The monoisotopic (exact) mass is 763 g/mol. The first-order valence-corrected chi connectivity index (χ1v) is 16.2. The van der Waals surface area contributed by atoms with Crippen molar-refractivity contribution in [3.8, 4) is 0 Å². The molecule has 1 N–H and O–H groups in total. The van der Waals surface area contributed by atoms with Crippen LogP contribution in [0.4, 0.5) is 65.9 Å². The Kier molecular flexibility index (Phi) is 19.1. The molecule has 19 heteroatoms. The number of alkyl halides is 15. The standard InChI is InChI=1S/C31H44F15NO3/c1-3-5-6-7-8-9-10-11-12-13-14-15-16-17-18-19-21-50-23(48)22(20-4-2)47-24(49)25(32,33)26(34,35)27(36,37)28(38,39)29(40,41)30(42,43)31(44,45)46/h4,22H,2-3,5-21H2,1H3,(H,47,49). The molecule has 0 bridgehead atoms. The van der Waals surface area contributed by atoms with E-state index >= 15 is 0 Å². The van der Waals surface area contributed by atoms with Crippen molar-refractivity contribution < 1.29 is 80.2 Å². The van der Waals surface area contributed by atoms with Crippen molar-refractivity contribution in [3.05, 3.63) is 12.7 Å². The summed E-state index contributed by atoms with van der Waals surface area (Å²) in [5.74, 6) is -54.0. The number of nitrogens with one attached hydrogen (secondary N) is 1. The second-order valence-corrected chi connectivity index (χ2v) is 12.0. The lowest BCUT2D eigenvalue weighted by molar-refractivity contribution is -0.449. The van der Waals surface area contributed by atoms with E-state index in [4.69, 9.17) is 4.74 Å². The molecule has 0 radical (unpaired) electrons. The highest BCUT2D eigenvalue weighted by atomic mass is 19.4. The van der Waals surface area contributed by atoms with Crippen LogP contribution in [0.25, 0.3) is 0 Å². The number of hydrogen-bond acceptors (Lipinski definition) is 3. The second kappa shape index (κ2) is 20.0. The van der Waals surface area contributed by atoms with Crippen molar-refractivity contribution in [2.75, 3.05) is 6.61 Å². The topological polar surface area (TPSA) is 55.4 Å². The van der Waals surface area contributed by atoms with Gasteiger partial charge in [0.25, 0.3) is 5.91 Å². The van der Waals surface area contributed by atoms with Gasteiger partial charge < -0.3 is 10.1 Å². The van der Waals surface area contributed by atoms with Gasteiger partial charge in [-0.3, -0.25) is 4.79 Å². The Balaban J connectivity index is 5.01. The van der Waals surface area contributed by atoms with Crippen LogP contribution in [0.5, 0.6) is 0 Å². The molecule has 296 valence electrons. The summed E-state index contributed by atoms with van der Waals surface area (Å²) in [4.78, 5) is 24.1. The van der Waals surface area contributed by atoms with Gasteiger partial charge in [0.2, 0.25) is 0 Å². The first-order valence-electron chi connectivity index (χ1n) is 16.2. The molecule has 0 heterocycles. The van der Waals surface area contributed by atoms with Gasteiger partial charge in [-0.1, -0.05) is 109 Å². The molecule has 0 fully saturated rings. The molecule has 0 aliphatic carbocycles. The average molecular weight is 764 g/mol. The first-order chi connectivity index (χ1) is 22.8. The molecule has 4 nitrogen and oxygen atoms in total. The van der Waals surface area contributed by atoms with Gasteiger partial charge in [-0.15, -0.1) is 6.58 Å². The minimum Gasteiger partial charge on any atom is -0.464 e. The molecule has 0 rings (SSSR count). The molecular weight excluding hydrogens is 719 g/mol. The quantitative estimate of drug-likeness (QED) is 0.0392. The number of unbranched alkanes of at least 4 members (excludes halogenated alkanes) is 15. The number of esters is 1. The van der Waals surface area contributed by atoms with Gasteiger partial charge in [-0.25, -0.2) is 4.79 Å². The Morgan fingerprint density at radius 3 is 1.26 bits per heavy atom. The zero-order valence-electron chi connectivity index (χ0n) is 27.5. The number of halogens is 15. The van der Waals surface area contributed by atoms with Crippen LogP contribution in [0, 0.1) is 0 Å². The van der Waals surface area contributed by atoms with E-state index in [9.17, 15) is 75.4 Å². The van der Waals surface area contributed by atoms with Gasteiger partial charge >= 0.3 is 47.7 Å². The van der Waals surface area contributed by atoms with E-state index in [-0.39, 0.29) is 6.42 Å². The number of amides is 1. The van der Waals surface area contributed by atoms with E-state index in [2.05, 4.69) is 13.5 Å². The third kappa shape index (κ3) is 11.8. The molecule has 0 aliphatic rings. The van der Waals surface area contributed by atoms with Crippen LogP contribution in [0.3, 0.4) is 0 Å². The summed E-state index contributed by atoms with van der Waals surface area (Å²) in [6.45, 7) is 4.83. The van der Waals surface area contributed by atoms with Gasteiger partial charge in [0.15, 0.2) is 0 Å². The maximum atomic E-state index is 14.2. The predicted molar refractivity (Wildman–Crippen MR) is 153 cm³/mol. The Bertz CT molecular complexity index is 1030. The number of carbonyl (C=O) groups excluding carboxylic acids is 2. The number of ether oxygens (including phenoxy) is 1. The maximum Gasteiger partial charge on any atom is 0.460 e. The van der Waals surface area contributed by atoms with Crippen LogP contribution in [0.15, 0.2) is 12.7 Å². The minimum absolute atomic E-state index is 0.199. The lowest BCUT2D eigenvalue weighted by Crippen LogP contribution is -2.74. The Morgan fingerprint density at radius 2 is 0.900 bits per heavy atom. The van der Waals surface area contributed by atoms with Crippen molar-refractivity contribution in [1.29, 1.82) is 0 Å². The van der Waals surface area contributed by atoms with E-state index in [1.54, 1.807) is 0 Å². The van der Waals surface area contributed by atoms with Crippen LogP contribution >= 0.6 is 0 Å². The summed E-state index contributed by atoms with van der Waals surface area (Å²) >= 11 is 0. The summed E-state index contributed by atoms with van der Waals surface area (Å²) in [7, 11) is 0. The van der Waals surface area contributed by atoms with E-state index in [0.717, 1.165) is 37.4 Å². The van der Waals surface area contributed by atoms with Crippen molar-refractivity contribution in [2.45, 2.75) is 164 Å². The molecule has 0 aromatic heterocycles. The normalized spacial score (nSPS) is 14.4. The summed E-state index contributed by atoms with van der Waals surface area (Å²) in [6, 6.07) is -2.40. The highest BCUT2D eigenvalue weighted by molar-refractivity contribution is 5.89. The number of carbonyl (C=O) groups is 2. The largest absolute Gasteiger partial charge is 0.464 e. The molecule has 0 aromatic rings. The molecule has 1 atom stereocenters. The van der Waals surface area contributed by atoms with Crippen molar-refractivity contribution in [1.82, 2.24) is 5.32 Å². The smallest absolute Gasteiger partial charge is 0.460 e. The summed E-state index contributed by atoms with van der Waals surface area (Å²) in [5.41, 5.74) is 0. The fourth-order valence-corrected chi connectivity index (χ4v) is 4.66. The lowest BCUT2D eigenvalue weighted by Gasteiger charge is -2.41. The van der Waals surface area contributed by atoms with Gasteiger partial charge in [-0.05, 0) is 12.8 Å². The van der Waals surface area contributed by atoms with Gasteiger partial charge in [0.1, 0.15) is 6.04 Å². The second-order valence-electron chi connectivity index (χ2n) is 12.0. The third-order valence-corrected chi connectivity index (χ3v) is 7.85. The van der Waals surface area contributed by atoms with Crippen molar-refractivity contribution >= 4 is 11.9 Å². The Labute approximate surface area is 280 Å². The van der Waals surface area contributed by atoms with Crippen molar-refractivity contribution in [3.63, 3.8) is 0 Å². The predicted octanol–water partition coefficient (Wildman–Crippen LogP) is 11.2. The van der Waals surface area contributed by atoms with Gasteiger partial charge in [0, 0.05) is 0 Å². The minimum atomic E-state index is -8.53. The molecule has 1 unspecified atom stereocenters. The Morgan fingerprint density at radius 1 is 0.560 bits per heavy atom. The molecule has 0 aliphatic heterocycles. The molecule has 1 amide bonds. The van der Waals surface area contributed by atoms with Crippen LogP contribution in [0.2, 0.25) is 0 Å². The summed E-state index contributed by atoms with van der Waals surface area (Å²) in [6.07, 6.45) is 8.32. The van der Waals surface area contributed by atoms with Crippen LogP contribution in [-0.4, -0.2) is 66.2 Å². The fourth-order valence-electron chi connectivity index (χ4n) is 4.66. The third-order valence-electron chi connectivity index (χ3n) is 7.85. The van der Waals surface area contributed by atoms with Gasteiger partial charge in [-0.2, -0.15) is 65.9 Å². The van der Waals surface area contributed by atoms with E-state index in [1.807, 2.05) is 0 Å². The van der Waals surface area contributed by atoms with E-state index < -0.39 is 72.7 Å². The van der Waals surface area contributed by atoms with Crippen LogP contribution in [-0.2, 0) is 14.3 Å². The molecule has 0 aromatic carbocycles. The first kappa shape index (κ1) is 47.6. The highest BCUT2D eigenvalue weighted by Crippen LogP contribution is 2.62.